The molecule has 0 aromatic heterocycles. The summed E-state index contributed by atoms with van der Waals surface area (Å²) >= 11 is 6.65. The van der Waals surface area contributed by atoms with Gasteiger partial charge in [-0.25, -0.2) is 0 Å². The van der Waals surface area contributed by atoms with Crippen molar-refractivity contribution in [1.29, 1.82) is 0 Å². The van der Waals surface area contributed by atoms with Gasteiger partial charge in [-0.1, -0.05) is 31.9 Å². The molecule has 2 aromatic rings. The van der Waals surface area contributed by atoms with Crippen LogP contribution in [0.25, 0.3) is 0 Å². The number of hydrogen-bond donors (Lipinski definition) is 2. The summed E-state index contributed by atoms with van der Waals surface area (Å²) in [7, 11) is 0. The number of hydrogen-bond acceptors (Lipinski definition) is 3. The highest BCUT2D eigenvalue weighted by molar-refractivity contribution is 9.10. The SMILES string of the molecule is O=C(CCCOc1ccc(Br)cc1)NNC(=O)c1ccc(Br)cc1. The molecule has 0 aliphatic carbocycles. The van der Waals surface area contributed by atoms with Gasteiger partial charge in [0, 0.05) is 20.9 Å². The molecule has 2 amide bonds. The summed E-state index contributed by atoms with van der Waals surface area (Å²) in [5.41, 5.74) is 5.24. The maximum atomic E-state index is 11.8. The summed E-state index contributed by atoms with van der Waals surface area (Å²) in [4.78, 5) is 23.5. The average molecular weight is 456 g/mol. The molecule has 0 aliphatic heterocycles. The lowest BCUT2D eigenvalue weighted by Crippen LogP contribution is -2.41. The zero-order valence-corrected chi connectivity index (χ0v) is 15.9. The number of hydrazine groups is 1. The van der Waals surface area contributed by atoms with Crippen molar-refractivity contribution in [2.75, 3.05) is 6.61 Å². The first kappa shape index (κ1) is 18.5. The quantitative estimate of drug-likeness (QED) is 0.513. The van der Waals surface area contributed by atoms with Gasteiger partial charge in [-0.2, -0.15) is 0 Å². The second-order valence-corrected chi connectivity index (χ2v) is 6.75. The molecule has 0 atom stereocenters. The van der Waals surface area contributed by atoms with Crippen molar-refractivity contribution < 1.29 is 14.3 Å². The minimum atomic E-state index is -0.359. The van der Waals surface area contributed by atoms with E-state index in [-0.39, 0.29) is 18.2 Å². The van der Waals surface area contributed by atoms with Crippen molar-refractivity contribution in [2.24, 2.45) is 0 Å². The van der Waals surface area contributed by atoms with E-state index in [4.69, 9.17) is 4.74 Å². The monoisotopic (exact) mass is 454 g/mol. The van der Waals surface area contributed by atoms with Crippen LogP contribution in [0.2, 0.25) is 0 Å². The lowest BCUT2D eigenvalue weighted by molar-refractivity contribution is -0.122. The van der Waals surface area contributed by atoms with Gasteiger partial charge in [0.25, 0.3) is 5.91 Å². The molecule has 5 nitrogen and oxygen atoms in total. The molecule has 7 heteroatoms. The topological polar surface area (TPSA) is 67.4 Å². The number of nitrogens with one attached hydrogen (secondary N) is 2. The highest BCUT2D eigenvalue weighted by Gasteiger charge is 2.07. The van der Waals surface area contributed by atoms with Gasteiger partial charge in [0.2, 0.25) is 5.91 Å². The van der Waals surface area contributed by atoms with Crippen molar-refractivity contribution in [1.82, 2.24) is 10.9 Å². The molecule has 0 heterocycles. The van der Waals surface area contributed by atoms with Gasteiger partial charge in [-0.15, -0.1) is 0 Å². The second kappa shape index (κ2) is 9.44. The highest BCUT2D eigenvalue weighted by atomic mass is 79.9. The summed E-state index contributed by atoms with van der Waals surface area (Å²) in [5.74, 6) is 0.129. The lowest BCUT2D eigenvalue weighted by Gasteiger charge is -2.08. The number of amides is 2. The molecule has 0 unspecified atom stereocenters. The molecule has 2 rings (SSSR count). The third-order valence-corrected chi connectivity index (χ3v) is 4.11. The summed E-state index contributed by atoms with van der Waals surface area (Å²) in [5, 5.41) is 0. The molecule has 0 fully saturated rings. The van der Waals surface area contributed by atoms with E-state index in [2.05, 4.69) is 42.7 Å². The van der Waals surface area contributed by atoms with Gasteiger partial charge in [0.15, 0.2) is 0 Å². The number of carbonyl (C=O) groups is 2. The van der Waals surface area contributed by atoms with Crippen LogP contribution in [0.1, 0.15) is 23.2 Å². The Labute approximate surface area is 157 Å². The smallest absolute Gasteiger partial charge is 0.269 e. The predicted molar refractivity (Wildman–Crippen MR) is 98.6 cm³/mol. The molecule has 0 spiro atoms. The summed E-state index contributed by atoms with van der Waals surface area (Å²) in [6.07, 6.45) is 0.813. The molecule has 2 aromatic carbocycles. The van der Waals surface area contributed by atoms with Gasteiger partial charge < -0.3 is 4.74 Å². The Hall–Kier alpha value is -1.86. The van der Waals surface area contributed by atoms with Crippen molar-refractivity contribution >= 4 is 43.7 Å². The summed E-state index contributed by atoms with van der Waals surface area (Å²) in [6, 6.07) is 14.3. The molecule has 24 heavy (non-hydrogen) atoms. The molecular weight excluding hydrogens is 440 g/mol. The molecule has 0 saturated carbocycles. The van der Waals surface area contributed by atoms with Crippen LogP contribution in [0.5, 0.6) is 5.75 Å². The largest absolute Gasteiger partial charge is 0.494 e. The van der Waals surface area contributed by atoms with Crippen LogP contribution in [0, 0.1) is 0 Å². The fourth-order valence-corrected chi connectivity index (χ4v) is 2.34. The van der Waals surface area contributed by atoms with Crippen LogP contribution in [-0.4, -0.2) is 18.4 Å². The van der Waals surface area contributed by atoms with E-state index in [0.717, 1.165) is 14.7 Å². The van der Waals surface area contributed by atoms with Crippen LogP contribution >= 0.6 is 31.9 Å². The molecule has 0 radical (unpaired) electrons. The third-order valence-electron chi connectivity index (χ3n) is 3.05. The lowest BCUT2D eigenvalue weighted by atomic mass is 10.2. The van der Waals surface area contributed by atoms with E-state index < -0.39 is 0 Å². The second-order valence-electron chi connectivity index (χ2n) is 4.92. The standard InChI is InChI=1S/C17H16Br2N2O3/c18-13-5-3-12(4-6-13)17(23)21-20-16(22)2-1-11-24-15-9-7-14(19)8-10-15/h3-10H,1-2,11H2,(H,20,22)(H,21,23). The molecule has 0 aliphatic rings. The van der Waals surface area contributed by atoms with Crippen LogP contribution < -0.4 is 15.6 Å². The van der Waals surface area contributed by atoms with Gasteiger partial charge in [-0.3, -0.25) is 20.4 Å². The fraction of sp³-hybridized carbons (Fsp3) is 0.176. The zero-order chi connectivity index (χ0) is 17.4. The van der Waals surface area contributed by atoms with Gasteiger partial charge in [0.05, 0.1) is 6.61 Å². The third kappa shape index (κ3) is 6.33. The van der Waals surface area contributed by atoms with E-state index in [1.165, 1.54) is 0 Å². The van der Waals surface area contributed by atoms with Crippen LogP contribution in [0.3, 0.4) is 0 Å². The number of halogens is 2. The van der Waals surface area contributed by atoms with E-state index >= 15 is 0 Å². The number of ether oxygens (including phenoxy) is 1. The van der Waals surface area contributed by atoms with Crippen LogP contribution in [0.4, 0.5) is 0 Å². The van der Waals surface area contributed by atoms with E-state index in [1.807, 2.05) is 24.3 Å². The minimum Gasteiger partial charge on any atom is -0.494 e. The summed E-state index contributed by atoms with van der Waals surface area (Å²) in [6.45, 7) is 0.426. The molecule has 2 N–H and O–H groups in total. The Morgan fingerprint density at radius 2 is 1.46 bits per heavy atom. The Morgan fingerprint density at radius 1 is 0.875 bits per heavy atom. The number of rotatable bonds is 6. The van der Waals surface area contributed by atoms with Crippen LogP contribution in [0.15, 0.2) is 57.5 Å². The minimum absolute atomic E-state index is 0.261. The van der Waals surface area contributed by atoms with Gasteiger partial charge in [0.1, 0.15) is 5.75 Å². The maximum Gasteiger partial charge on any atom is 0.269 e. The molecular formula is C17H16Br2N2O3. The molecule has 0 saturated heterocycles. The van der Waals surface area contributed by atoms with Crippen molar-refractivity contribution in [3.05, 3.63) is 63.0 Å². The predicted octanol–water partition coefficient (Wildman–Crippen LogP) is 3.83. The van der Waals surface area contributed by atoms with Gasteiger partial charge >= 0.3 is 0 Å². The normalized spacial score (nSPS) is 10.1. The first-order valence-electron chi connectivity index (χ1n) is 7.28. The van der Waals surface area contributed by atoms with E-state index in [0.29, 0.717) is 18.6 Å². The van der Waals surface area contributed by atoms with Crippen molar-refractivity contribution in [3.8, 4) is 5.75 Å². The first-order valence-corrected chi connectivity index (χ1v) is 8.86. The molecule has 0 bridgehead atoms. The number of benzene rings is 2. The first-order chi connectivity index (χ1) is 11.5. The Morgan fingerprint density at radius 3 is 2.08 bits per heavy atom. The zero-order valence-electron chi connectivity index (χ0n) is 12.7. The van der Waals surface area contributed by atoms with E-state index in [1.54, 1.807) is 24.3 Å². The Balaban J connectivity index is 1.63. The Kier molecular flexibility index (Phi) is 7.27. The van der Waals surface area contributed by atoms with Crippen molar-refractivity contribution in [2.45, 2.75) is 12.8 Å². The maximum absolute atomic E-state index is 11.8. The summed E-state index contributed by atoms with van der Waals surface area (Å²) < 4.78 is 7.39. The number of carbonyl (C=O) groups excluding carboxylic acids is 2. The van der Waals surface area contributed by atoms with Crippen molar-refractivity contribution in [3.63, 3.8) is 0 Å². The molecule has 126 valence electrons. The average Bonchev–Trinajstić information content (AvgIpc) is 2.59. The highest BCUT2D eigenvalue weighted by Crippen LogP contribution is 2.16. The Bertz CT molecular complexity index is 688. The van der Waals surface area contributed by atoms with Crippen LogP contribution in [-0.2, 0) is 4.79 Å². The van der Waals surface area contributed by atoms with E-state index in [9.17, 15) is 9.59 Å². The van der Waals surface area contributed by atoms with Gasteiger partial charge in [-0.05, 0) is 55.0 Å². The fourth-order valence-electron chi connectivity index (χ4n) is 1.82.